The van der Waals surface area contributed by atoms with Crippen molar-refractivity contribution in [3.05, 3.63) is 46.5 Å². The number of aromatic nitrogens is 4. The fraction of sp³-hybridized carbons (Fsp3) is 0. The van der Waals surface area contributed by atoms with E-state index < -0.39 is 11.9 Å². The molecular formula is C10H7Cl2N5O3. The van der Waals surface area contributed by atoms with Crippen molar-refractivity contribution < 1.29 is 14.7 Å². The van der Waals surface area contributed by atoms with E-state index in [0.29, 0.717) is 0 Å². The Morgan fingerprint density at radius 2 is 1.45 bits per heavy atom. The number of carbonyl (C=O) groups is 2. The van der Waals surface area contributed by atoms with Gasteiger partial charge in [-0.15, -0.1) is 0 Å². The van der Waals surface area contributed by atoms with Crippen LogP contribution in [0.2, 0.25) is 10.6 Å². The molecule has 10 heteroatoms. The number of hydrogen-bond donors (Lipinski definition) is 2. The molecule has 0 aliphatic rings. The third kappa shape index (κ3) is 5.12. The second-order valence-corrected chi connectivity index (χ2v) is 3.77. The third-order valence-corrected chi connectivity index (χ3v) is 2.09. The number of halogens is 2. The molecule has 0 spiro atoms. The van der Waals surface area contributed by atoms with Crippen molar-refractivity contribution in [2.24, 2.45) is 5.73 Å². The minimum Gasteiger partial charge on any atom is -0.477 e. The van der Waals surface area contributed by atoms with Crippen molar-refractivity contribution >= 4 is 35.1 Å². The number of amides is 1. The lowest BCUT2D eigenvalue weighted by Gasteiger charge is -1.91. The highest BCUT2D eigenvalue weighted by Crippen LogP contribution is 2.00. The molecule has 1 amide bonds. The van der Waals surface area contributed by atoms with Gasteiger partial charge < -0.3 is 10.8 Å². The van der Waals surface area contributed by atoms with Gasteiger partial charge >= 0.3 is 5.97 Å². The van der Waals surface area contributed by atoms with Crippen LogP contribution in [0.25, 0.3) is 0 Å². The molecule has 0 aromatic carbocycles. The summed E-state index contributed by atoms with van der Waals surface area (Å²) in [5.74, 6) is -1.71. The molecule has 0 aliphatic heterocycles. The van der Waals surface area contributed by atoms with Crippen LogP contribution >= 0.6 is 23.2 Å². The quantitative estimate of drug-likeness (QED) is 0.791. The third-order valence-electron chi connectivity index (χ3n) is 1.72. The number of carbonyl (C=O) groups excluding carboxylic acids is 1. The van der Waals surface area contributed by atoms with E-state index in [-0.39, 0.29) is 22.0 Å². The summed E-state index contributed by atoms with van der Waals surface area (Å²) in [5, 5.41) is 8.33. The monoisotopic (exact) mass is 315 g/mol. The predicted octanol–water partition coefficient (Wildman–Crippen LogP) is 1.06. The lowest BCUT2D eigenvalue weighted by molar-refractivity contribution is 0.0690. The first-order valence-electron chi connectivity index (χ1n) is 4.90. The van der Waals surface area contributed by atoms with Crippen molar-refractivity contribution in [2.75, 3.05) is 0 Å². The van der Waals surface area contributed by atoms with Gasteiger partial charge in [-0.1, -0.05) is 0 Å². The maximum atomic E-state index is 10.4. The summed E-state index contributed by atoms with van der Waals surface area (Å²) in [6.45, 7) is 0. The standard InChI is InChI=1S/C5H4ClN3O.C5H3ClN2O2/c6-5-8-2-1-3(9-5)4(7)10;6-5-7-2-1-3(8-5)4(9)10/h1-2H,(H2,7,10);1-2H,(H,9,10). The number of carboxylic acid groups (broad SMARTS) is 1. The number of nitrogens with zero attached hydrogens (tertiary/aromatic N) is 4. The first-order chi connectivity index (χ1) is 9.40. The van der Waals surface area contributed by atoms with Crippen LogP contribution in [0.15, 0.2) is 24.5 Å². The Kier molecular flexibility index (Phi) is 5.75. The minimum absolute atomic E-state index is 0.0244. The summed E-state index contributed by atoms with van der Waals surface area (Å²) < 4.78 is 0. The topological polar surface area (TPSA) is 132 Å². The zero-order valence-corrected chi connectivity index (χ0v) is 11.2. The van der Waals surface area contributed by atoms with Crippen LogP contribution < -0.4 is 5.73 Å². The Morgan fingerprint density at radius 3 is 1.75 bits per heavy atom. The van der Waals surface area contributed by atoms with Crippen molar-refractivity contribution in [1.29, 1.82) is 0 Å². The lowest BCUT2D eigenvalue weighted by atomic mass is 10.4. The van der Waals surface area contributed by atoms with Gasteiger partial charge in [0.25, 0.3) is 5.91 Å². The molecule has 2 aromatic heterocycles. The van der Waals surface area contributed by atoms with E-state index in [1.54, 1.807) is 0 Å². The normalized spacial score (nSPS) is 9.30. The van der Waals surface area contributed by atoms with Crippen LogP contribution in [0.5, 0.6) is 0 Å². The van der Waals surface area contributed by atoms with Gasteiger partial charge in [0, 0.05) is 12.4 Å². The van der Waals surface area contributed by atoms with Crippen molar-refractivity contribution in [3.63, 3.8) is 0 Å². The lowest BCUT2D eigenvalue weighted by Crippen LogP contribution is -2.12. The van der Waals surface area contributed by atoms with Gasteiger partial charge in [0.15, 0.2) is 5.69 Å². The van der Waals surface area contributed by atoms with Gasteiger partial charge in [-0.05, 0) is 35.3 Å². The fourth-order valence-corrected chi connectivity index (χ4v) is 1.22. The first kappa shape index (κ1) is 15.7. The molecule has 104 valence electrons. The largest absolute Gasteiger partial charge is 0.477 e. The molecule has 0 saturated carbocycles. The Hall–Kier alpha value is -2.32. The van der Waals surface area contributed by atoms with Gasteiger partial charge in [-0.2, -0.15) is 0 Å². The van der Waals surface area contributed by atoms with Crippen LogP contribution in [0.4, 0.5) is 0 Å². The number of nitrogens with two attached hydrogens (primary N) is 1. The molecular weight excluding hydrogens is 309 g/mol. The van der Waals surface area contributed by atoms with Crippen LogP contribution in [0, 0.1) is 0 Å². The second-order valence-electron chi connectivity index (χ2n) is 3.09. The zero-order valence-electron chi connectivity index (χ0n) is 9.70. The number of carboxylic acids is 1. The number of rotatable bonds is 2. The van der Waals surface area contributed by atoms with Crippen molar-refractivity contribution in [2.45, 2.75) is 0 Å². The molecule has 0 unspecified atom stereocenters. The fourth-order valence-electron chi connectivity index (χ4n) is 0.926. The van der Waals surface area contributed by atoms with Crippen molar-refractivity contribution in [3.8, 4) is 0 Å². The molecule has 8 nitrogen and oxygen atoms in total. The summed E-state index contributed by atoms with van der Waals surface area (Å²) >= 11 is 10.7. The van der Waals surface area contributed by atoms with E-state index in [2.05, 4.69) is 19.9 Å². The zero-order chi connectivity index (χ0) is 15.1. The number of primary amides is 1. The molecule has 0 fully saturated rings. The van der Waals surface area contributed by atoms with Crippen molar-refractivity contribution in [1.82, 2.24) is 19.9 Å². The van der Waals surface area contributed by atoms with Gasteiger partial charge in [-0.25, -0.2) is 24.7 Å². The predicted molar refractivity (Wildman–Crippen MR) is 69.6 cm³/mol. The first-order valence-corrected chi connectivity index (χ1v) is 5.66. The molecule has 2 rings (SSSR count). The summed E-state index contributed by atoms with van der Waals surface area (Å²) in [7, 11) is 0. The van der Waals surface area contributed by atoms with Gasteiger partial charge in [0.1, 0.15) is 5.69 Å². The summed E-state index contributed by atoms with van der Waals surface area (Å²) in [6.07, 6.45) is 2.66. The van der Waals surface area contributed by atoms with E-state index >= 15 is 0 Å². The SMILES string of the molecule is NC(=O)c1ccnc(Cl)n1.O=C(O)c1ccnc(Cl)n1. The highest BCUT2D eigenvalue weighted by molar-refractivity contribution is 6.28. The molecule has 2 aromatic rings. The molecule has 2 heterocycles. The van der Waals surface area contributed by atoms with Crippen LogP contribution in [0.1, 0.15) is 21.0 Å². The Balaban J connectivity index is 0.000000200. The van der Waals surface area contributed by atoms with E-state index in [4.69, 9.17) is 34.0 Å². The molecule has 0 aliphatic carbocycles. The maximum absolute atomic E-state index is 10.4. The molecule has 0 bridgehead atoms. The molecule has 20 heavy (non-hydrogen) atoms. The number of aromatic carboxylic acids is 1. The molecule has 0 saturated heterocycles. The van der Waals surface area contributed by atoms with E-state index in [0.717, 1.165) is 0 Å². The van der Waals surface area contributed by atoms with Gasteiger partial charge in [0.2, 0.25) is 10.6 Å². The van der Waals surface area contributed by atoms with Gasteiger partial charge in [0.05, 0.1) is 0 Å². The average Bonchev–Trinajstić information content (AvgIpc) is 2.39. The van der Waals surface area contributed by atoms with E-state index in [1.165, 1.54) is 24.5 Å². The van der Waals surface area contributed by atoms with E-state index in [1.807, 2.05) is 0 Å². The molecule has 0 atom stereocenters. The Bertz CT molecular complexity index is 582. The summed E-state index contributed by atoms with van der Waals surface area (Å²) in [4.78, 5) is 34.7. The number of hydrogen-bond acceptors (Lipinski definition) is 6. The Labute approximate surface area is 122 Å². The highest BCUT2D eigenvalue weighted by Gasteiger charge is 2.03. The van der Waals surface area contributed by atoms with Crippen LogP contribution in [0.3, 0.4) is 0 Å². The second kappa shape index (κ2) is 7.31. The average molecular weight is 316 g/mol. The molecule has 3 N–H and O–H groups in total. The summed E-state index contributed by atoms with van der Waals surface area (Å²) in [5.41, 5.74) is 4.92. The molecule has 0 radical (unpaired) electrons. The van der Waals surface area contributed by atoms with Crippen LogP contribution in [-0.4, -0.2) is 36.9 Å². The highest BCUT2D eigenvalue weighted by atomic mass is 35.5. The Morgan fingerprint density at radius 1 is 1.00 bits per heavy atom. The summed E-state index contributed by atoms with van der Waals surface area (Å²) in [6, 6.07) is 2.67. The maximum Gasteiger partial charge on any atom is 0.354 e. The van der Waals surface area contributed by atoms with E-state index in [9.17, 15) is 9.59 Å². The van der Waals surface area contributed by atoms with Crippen LogP contribution in [-0.2, 0) is 0 Å². The minimum atomic E-state index is -1.11. The smallest absolute Gasteiger partial charge is 0.354 e. The van der Waals surface area contributed by atoms with Gasteiger partial charge in [-0.3, -0.25) is 4.79 Å².